The summed E-state index contributed by atoms with van der Waals surface area (Å²) < 4.78 is 27.2. The summed E-state index contributed by atoms with van der Waals surface area (Å²) in [4.78, 5) is 0.138. The molecule has 112 valence electrons. The van der Waals surface area contributed by atoms with E-state index >= 15 is 0 Å². The van der Waals surface area contributed by atoms with E-state index in [1.165, 1.54) is 18.2 Å². The quantitative estimate of drug-likeness (QED) is 0.890. The molecule has 2 aromatic rings. The Labute approximate surface area is 133 Å². The highest BCUT2D eigenvalue weighted by Gasteiger charge is 2.16. The summed E-state index contributed by atoms with van der Waals surface area (Å²) in [5, 5.41) is 0.668. The zero-order chi connectivity index (χ0) is 15.6. The van der Waals surface area contributed by atoms with Crippen molar-refractivity contribution in [3.63, 3.8) is 0 Å². The van der Waals surface area contributed by atoms with Gasteiger partial charge in [0, 0.05) is 11.6 Å². The largest absolute Gasteiger partial charge is 0.326 e. The maximum Gasteiger partial charge on any atom is 0.261 e. The van der Waals surface area contributed by atoms with Crippen LogP contribution in [0.4, 0.5) is 5.69 Å². The molecular formula is C14H14Cl2N2O2S. The molecule has 0 aromatic heterocycles. The van der Waals surface area contributed by atoms with E-state index in [0.717, 1.165) is 11.1 Å². The van der Waals surface area contributed by atoms with E-state index in [0.29, 0.717) is 5.02 Å². The van der Waals surface area contributed by atoms with E-state index in [9.17, 15) is 8.42 Å². The smallest absolute Gasteiger partial charge is 0.261 e. The van der Waals surface area contributed by atoms with Gasteiger partial charge in [-0.05, 0) is 48.4 Å². The molecule has 0 aliphatic heterocycles. The molecular weight excluding hydrogens is 331 g/mol. The predicted octanol–water partition coefficient (Wildman–Crippen LogP) is 3.56. The third-order valence-electron chi connectivity index (χ3n) is 3.03. The predicted molar refractivity (Wildman–Crippen MR) is 86.3 cm³/mol. The van der Waals surface area contributed by atoms with Crippen LogP contribution in [0.5, 0.6) is 0 Å². The zero-order valence-electron chi connectivity index (χ0n) is 11.2. The number of aryl methyl sites for hydroxylation is 1. The van der Waals surface area contributed by atoms with Gasteiger partial charge in [0.05, 0.1) is 15.6 Å². The number of anilines is 1. The number of nitrogens with one attached hydrogen (secondary N) is 1. The van der Waals surface area contributed by atoms with Crippen LogP contribution in [0.15, 0.2) is 41.3 Å². The van der Waals surface area contributed by atoms with E-state index in [1.807, 2.05) is 6.92 Å². The van der Waals surface area contributed by atoms with Gasteiger partial charge in [-0.15, -0.1) is 0 Å². The Morgan fingerprint density at radius 1 is 1.14 bits per heavy atom. The highest BCUT2D eigenvalue weighted by Crippen LogP contribution is 2.28. The lowest BCUT2D eigenvalue weighted by Gasteiger charge is -2.11. The topological polar surface area (TPSA) is 72.2 Å². The summed E-state index contributed by atoms with van der Waals surface area (Å²) >= 11 is 11.8. The van der Waals surface area contributed by atoms with Crippen LogP contribution < -0.4 is 10.5 Å². The molecule has 21 heavy (non-hydrogen) atoms. The number of nitrogens with two attached hydrogens (primary N) is 1. The Balaban J connectivity index is 2.38. The van der Waals surface area contributed by atoms with Crippen LogP contribution >= 0.6 is 23.2 Å². The minimum Gasteiger partial charge on any atom is -0.326 e. The molecule has 7 heteroatoms. The van der Waals surface area contributed by atoms with Gasteiger partial charge in [-0.1, -0.05) is 29.3 Å². The molecule has 0 saturated heterocycles. The van der Waals surface area contributed by atoms with Gasteiger partial charge in [-0.2, -0.15) is 0 Å². The number of benzene rings is 2. The number of hydrogen-bond donors (Lipinski definition) is 2. The van der Waals surface area contributed by atoms with Crippen molar-refractivity contribution in [2.24, 2.45) is 5.73 Å². The van der Waals surface area contributed by atoms with Gasteiger partial charge in [0.15, 0.2) is 0 Å². The second kappa shape index (κ2) is 6.23. The van der Waals surface area contributed by atoms with Crippen molar-refractivity contribution in [1.82, 2.24) is 0 Å². The summed E-state index contributed by atoms with van der Waals surface area (Å²) in [6.07, 6.45) is 0. The molecule has 0 aliphatic rings. The first kappa shape index (κ1) is 16.1. The van der Waals surface area contributed by atoms with Crippen LogP contribution in [0, 0.1) is 6.92 Å². The third-order valence-corrected chi connectivity index (χ3v) is 4.94. The molecule has 2 rings (SSSR count). The van der Waals surface area contributed by atoms with Crippen LogP contribution in [-0.4, -0.2) is 8.42 Å². The molecule has 0 saturated carbocycles. The van der Waals surface area contributed by atoms with Crippen molar-refractivity contribution in [2.75, 3.05) is 4.72 Å². The normalized spacial score (nSPS) is 11.4. The lowest BCUT2D eigenvalue weighted by Crippen LogP contribution is -2.14. The second-order valence-electron chi connectivity index (χ2n) is 4.52. The van der Waals surface area contributed by atoms with Crippen LogP contribution in [0.2, 0.25) is 10.0 Å². The fraction of sp³-hybridized carbons (Fsp3) is 0.143. The van der Waals surface area contributed by atoms with Crippen LogP contribution in [-0.2, 0) is 16.6 Å². The van der Waals surface area contributed by atoms with Gasteiger partial charge >= 0.3 is 0 Å². The van der Waals surface area contributed by atoms with Gasteiger partial charge < -0.3 is 5.73 Å². The summed E-state index contributed by atoms with van der Waals surface area (Å²) in [7, 11) is -3.73. The average molecular weight is 345 g/mol. The SMILES string of the molecule is Cc1ccc(S(=O)(=O)Nc2ccc(Cl)cc2Cl)cc1CN. The first-order valence-electron chi connectivity index (χ1n) is 6.11. The fourth-order valence-electron chi connectivity index (χ4n) is 1.81. The van der Waals surface area contributed by atoms with E-state index in [1.54, 1.807) is 18.2 Å². The standard InChI is InChI=1S/C14H14Cl2N2O2S/c1-9-2-4-12(6-10(9)8-17)21(19,20)18-14-5-3-11(15)7-13(14)16/h2-7,18H,8,17H2,1H3. The Morgan fingerprint density at radius 3 is 2.48 bits per heavy atom. The monoisotopic (exact) mass is 344 g/mol. The summed E-state index contributed by atoms with van der Waals surface area (Å²) in [5.41, 5.74) is 7.60. The van der Waals surface area contributed by atoms with Crippen molar-refractivity contribution < 1.29 is 8.42 Å². The van der Waals surface area contributed by atoms with Gasteiger partial charge in [0.25, 0.3) is 10.0 Å². The molecule has 0 amide bonds. The molecule has 0 aliphatic carbocycles. The molecule has 0 bridgehead atoms. The molecule has 0 heterocycles. The molecule has 4 nitrogen and oxygen atoms in total. The lowest BCUT2D eigenvalue weighted by molar-refractivity contribution is 0.601. The first-order valence-corrected chi connectivity index (χ1v) is 8.35. The molecule has 3 N–H and O–H groups in total. The van der Waals surface area contributed by atoms with E-state index in [-0.39, 0.29) is 22.2 Å². The van der Waals surface area contributed by atoms with E-state index in [2.05, 4.69) is 4.72 Å². The van der Waals surface area contributed by atoms with Crippen LogP contribution in [0.1, 0.15) is 11.1 Å². The Bertz CT molecular complexity index is 777. The Hall–Kier alpha value is -1.27. The minimum atomic E-state index is -3.73. The van der Waals surface area contributed by atoms with Crippen LogP contribution in [0.3, 0.4) is 0 Å². The third kappa shape index (κ3) is 3.68. The van der Waals surface area contributed by atoms with Gasteiger partial charge in [0.2, 0.25) is 0 Å². The van der Waals surface area contributed by atoms with Gasteiger partial charge in [0.1, 0.15) is 0 Å². The van der Waals surface area contributed by atoms with Crippen molar-refractivity contribution >= 4 is 38.9 Å². The van der Waals surface area contributed by atoms with Gasteiger partial charge in [-0.3, -0.25) is 4.72 Å². The number of hydrogen-bond acceptors (Lipinski definition) is 3. The lowest BCUT2D eigenvalue weighted by atomic mass is 10.1. The number of halogens is 2. The Kier molecular flexibility index (Phi) is 4.78. The zero-order valence-corrected chi connectivity index (χ0v) is 13.6. The molecule has 0 radical (unpaired) electrons. The highest BCUT2D eigenvalue weighted by atomic mass is 35.5. The molecule has 0 spiro atoms. The summed E-state index contributed by atoms with van der Waals surface area (Å²) in [6, 6.07) is 9.36. The average Bonchev–Trinajstić information content (AvgIpc) is 2.42. The van der Waals surface area contributed by atoms with Crippen LogP contribution in [0.25, 0.3) is 0 Å². The van der Waals surface area contributed by atoms with E-state index < -0.39 is 10.0 Å². The van der Waals surface area contributed by atoms with E-state index in [4.69, 9.17) is 28.9 Å². The maximum absolute atomic E-state index is 12.4. The number of rotatable bonds is 4. The fourth-order valence-corrected chi connectivity index (χ4v) is 3.45. The maximum atomic E-state index is 12.4. The van der Waals surface area contributed by atoms with Crippen molar-refractivity contribution in [3.05, 3.63) is 57.6 Å². The number of sulfonamides is 1. The minimum absolute atomic E-state index is 0.138. The summed E-state index contributed by atoms with van der Waals surface area (Å²) in [5.74, 6) is 0. The molecule has 0 unspecified atom stereocenters. The molecule has 0 atom stereocenters. The second-order valence-corrected chi connectivity index (χ2v) is 7.05. The molecule has 0 fully saturated rings. The Morgan fingerprint density at radius 2 is 1.86 bits per heavy atom. The summed E-state index contributed by atoms with van der Waals surface area (Å²) in [6.45, 7) is 2.15. The van der Waals surface area contributed by atoms with Gasteiger partial charge in [-0.25, -0.2) is 8.42 Å². The first-order chi connectivity index (χ1) is 9.83. The van der Waals surface area contributed by atoms with Crippen molar-refractivity contribution in [3.8, 4) is 0 Å². The van der Waals surface area contributed by atoms with Crippen molar-refractivity contribution in [2.45, 2.75) is 18.4 Å². The van der Waals surface area contributed by atoms with Crippen molar-refractivity contribution in [1.29, 1.82) is 0 Å². The highest BCUT2D eigenvalue weighted by molar-refractivity contribution is 7.92. The molecule has 2 aromatic carbocycles.